The number of nitro groups is 1. The van der Waals surface area contributed by atoms with E-state index in [4.69, 9.17) is 21.0 Å². The van der Waals surface area contributed by atoms with Gasteiger partial charge in [0.25, 0.3) is 11.2 Å². The highest BCUT2D eigenvalue weighted by molar-refractivity contribution is 9.10. The fraction of sp³-hybridized carbons (Fsp3) is 0.0968. The average Bonchev–Trinajstić information content (AvgIpc) is 3.56. The van der Waals surface area contributed by atoms with E-state index in [1.807, 2.05) is 36.4 Å². The van der Waals surface area contributed by atoms with Crippen molar-refractivity contribution in [3.8, 4) is 11.3 Å². The molecule has 1 aliphatic heterocycles. The van der Waals surface area contributed by atoms with Gasteiger partial charge in [0.1, 0.15) is 11.5 Å². The predicted octanol–water partition coefficient (Wildman–Crippen LogP) is 6.90. The maximum atomic E-state index is 14.0. The minimum Gasteiger partial charge on any atom is -0.457 e. The summed E-state index contributed by atoms with van der Waals surface area (Å²) in [6.45, 7) is 0. The fourth-order valence-corrected chi connectivity index (χ4v) is 6.94. The summed E-state index contributed by atoms with van der Waals surface area (Å²) >= 11 is 11.2. The molecule has 0 unspecified atom stereocenters. The molecule has 0 spiro atoms. The molecule has 3 aromatic carbocycles. The molecule has 0 amide bonds. The van der Waals surface area contributed by atoms with Crippen LogP contribution in [0.1, 0.15) is 34.9 Å². The van der Waals surface area contributed by atoms with Gasteiger partial charge in [-0.15, -0.1) is 0 Å². The third kappa shape index (κ3) is 4.50. The molecule has 0 N–H and O–H groups in total. The van der Waals surface area contributed by atoms with Crippen molar-refractivity contribution in [1.29, 1.82) is 0 Å². The summed E-state index contributed by atoms with van der Waals surface area (Å²) < 4.78 is 9.22. The maximum Gasteiger partial charge on any atom is 0.271 e. The first-order valence-electron chi connectivity index (χ1n) is 12.8. The molecule has 7 nitrogen and oxygen atoms in total. The Hall–Kier alpha value is -4.05. The number of aromatic nitrogens is 1. The number of thiazole rings is 1. The average molecular weight is 645 g/mol. The molecule has 5 aromatic rings. The van der Waals surface area contributed by atoms with E-state index in [-0.39, 0.29) is 17.3 Å². The number of fused-ring (bicyclic) bond motifs is 3. The van der Waals surface area contributed by atoms with Crippen LogP contribution >= 0.6 is 38.9 Å². The summed E-state index contributed by atoms with van der Waals surface area (Å²) in [6.07, 6.45) is 3.39. The summed E-state index contributed by atoms with van der Waals surface area (Å²) in [5, 5.41) is 11.6. The van der Waals surface area contributed by atoms with Crippen LogP contribution in [0.5, 0.6) is 0 Å². The molecule has 3 heterocycles. The predicted molar refractivity (Wildman–Crippen MR) is 163 cm³/mol. The minimum absolute atomic E-state index is 0.0888. The Morgan fingerprint density at radius 3 is 2.66 bits per heavy atom. The summed E-state index contributed by atoms with van der Waals surface area (Å²) in [4.78, 5) is 30.4. The van der Waals surface area contributed by atoms with Gasteiger partial charge in [-0.2, -0.15) is 0 Å². The van der Waals surface area contributed by atoms with Gasteiger partial charge in [-0.1, -0.05) is 75.3 Å². The second-order valence-electron chi connectivity index (χ2n) is 9.79. The molecular formula is C31H19BrClN3O4S. The Kier molecular flexibility index (Phi) is 6.37. The normalized spacial score (nSPS) is 16.1. The Labute approximate surface area is 250 Å². The van der Waals surface area contributed by atoms with E-state index in [9.17, 15) is 14.9 Å². The van der Waals surface area contributed by atoms with Crippen LogP contribution in [0.15, 0.2) is 103 Å². The number of hydrogen-bond acceptors (Lipinski definition) is 6. The number of furan rings is 1. The second-order valence-corrected chi connectivity index (χ2v) is 12.1. The highest BCUT2D eigenvalue weighted by Crippen LogP contribution is 2.41. The van der Waals surface area contributed by atoms with Crippen LogP contribution in [0.3, 0.4) is 0 Å². The molecule has 0 saturated carbocycles. The van der Waals surface area contributed by atoms with Crippen molar-refractivity contribution >= 4 is 56.3 Å². The van der Waals surface area contributed by atoms with E-state index in [0.717, 1.165) is 39.7 Å². The van der Waals surface area contributed by atoms with Crippen LogP contribution in [0.4, 0.5) is 5.69 Å². The highest BCUT2D eigenvalue weighted by atomic mass is 79.9. The van der Waals surface area contributed by atoms with Crippen molar-refractivity contribution in [2.45, 2.75) is 18.9 Å². The number of non-ortho nitro benzene ring substituents is 1. The molecule has 0 fully saturated rings. The first kappa shape index (κ1) is 25.9. The van der Waals surface area contributed by atoms with E-state index in [1.165, 1.54) is 35.1 Å². The zero-order chi connectivity index (χ0) is 28.2. The SMILES string of the molecule is O=c1/c(=C/c2ccc(-c3cc([N+](=O)[O-])ccc3Cl)o2)sc2n1[C@@H](c1ccc(Br)cc1)C1=C(N=2)c2ccccc2CC1. The Balaban J connectivity index is 1.38. The summed E-state index contributed by atoms with van der Waals surface area (Å²) in [6, 6.07) is 23.7. The zero-order valence-corrected chi connectivity index (χ0v) is 24.4. The van der Waals surface area contributed by atoms with Crippen molar-refractivity contribution in [3.05, 3.63) is 146 Å². The Bertz CT molecular complexity index is 2090. The second kappa shape index (κ2) is 10.1. The highest BCUT2D eigenvalue weighted by Gasteiger charge is 2.32. The molecule has 41 heavy (non-hydrogen) atoms. The van der Waals surface area contributed by atoms with Gasteiger partial charge < -0.3 is 4.42 Å². The van der Waals surface area contributed by atoms with Crippen molar-refractivity contribution in [3.63, 3.8) is 0 Å². The number of aryl methyl sites for hydroxylation is 1. The lowest BCUT2D eigenvalue weighted by Crippen LogP contribution is -2.38. The van der Waals surface area contributed by atoms with E-state index in [2.05, 4.69) is 28.1 Å². The Morgan fingerprint density at radius 2 is 1.85 bits per heavy atom. The van der Waals surface area contributed by atoms with E-state index in [0.29, 0.717) is 31.4 Å². The largest absolute Gasteiger partial charge is 0.457 e. The van der Waals surface area contributed by atoms with Gasteiger partial charge in [0.15, 0.2) is 4.80 Å². The van der Waals surface area contributed by atoms with Gasteiger partial charge in [0, 0.05) is 33.8 Å². The Morgan fingerprint density at radius 1 is 1.05 bits per heavy atom. The third-order valence-electron chi connectivity index (χ3n) is 7.39. The van der Waals surface area contributed by atoms with Crippen LogP contribution in [0.25, 0.3) is 23.1 Å². The zero-order valence-electron chi connectivity index (χ0n) is 21.2. The number of rotatable bonds is 4. The van der Waals surface area contributed by atoms with E-state index < -0.39 is 4.92 Å². The third-order valence-corrected chi connectivity index (χ3v) is 9.23. The van der Waals surface area contributed by atoms with Crippen molar-refractivity contribution in [2.75, 3.05) is 0 Å². The lowest BCUT2D eigenvalue weighted by molar-refractivity contribution is -0.384. The number of nitrogens with zero attached hydrogens (tertiary/aromatic N) is 3. The molecule has 10 heteroatoms. The van der Waals surface area contributed by atoms with Gasteiger partial charge in [0.2, 0.25) is 0 Å². The smallest absolute Gasteiger partial charge is 0.271 e. The first-order valence-corrected chi connectivity index (χ1v) is 14.8. The van der Waals surface area contributed by atoms with Crippen LogP contribution in [-0.4, -0.2) is 9.49 Å². The van der Waals surface area contributed by atoms with Crippen LogP contribution < -0.4 is 14.9 Å². The quantitative estimate of drug-likeness (QED) is 0.157. The van der Waals surface area contributed by atoms with Crippen molar-refractivity contribution in [2.24, 2.45) is 4.99 Å². The molecule has 1 aliphatic carbocycles. The molecule has 2 aromatic heterocycles. The lowest BCUT2D eigenvalue weighted by Gasteiger charge is -2.30. The van der Waals surface area contributed by atoms with Crippen molar-refractivity contribution < 1.29 is 9.34 Å². The van der Waals surface area contributed by atoms with Crippen LogP contribution in [-0.2, 0) is 6.42 Å². The fourth-order valence-electron chi connectivity index (χ4n) is 5.49. The van der Waals surface area contributed by atoms with Gasteiger partial charge in [-0.3, -0.25) is 19.5 Å². The molecule has 1 atom stereocenters. The van der Waals surface area contributed by atoms with Crippen molar-refractivity contribution in [1.82, 2.24) is 4.57 Å². The summed E-state index contributed by atoms with van der Waals surface area (Å²) in [5.41, 5.74) is 5.61. The number of halogens is 2. The molecule has 0 saturated heterocycles. The topological polar surface area (TPSA) is 90.6 Å². The molecule has 0 radical (unpaired) electrons. The number of hydrogen-bond donors (Lipinski definition) is 0. The summed E-state index contributed by atoms with van der Waals surface area (Å²) in [7, 11) is 0. The van der Waals surface area contributed by atoms with Gasteiger partial charge in [-0.25, -0.2) is 4.99 Å². The molecule has 7 rings (SSSR count). The molecule has 202 valence electrons. The van der Waals surface area contributed by atoms with Gasteiger partial charge >= 0.3 is 0 Å². The maximum absolute atomic E-state index is 14.0. The van der Waals surface area contributed by atoms with Crippen LogP contribution in [0.2, 0.25) is 5.02 Å². The van der Waals surface area contributed by atoms with Gasteiger partial charge in [0.05, 0.1) is 26.2 Å². The minimum atomic E-state index is -0.482. The molecule has 0 bridgehead atoms. The molecular weight excluding hydrogens is 626 g/mol. The monoisotopic (exact) mass is 643 g/mol. The van der Waals surface area contributed by atoms with Crippen LogP contribution in [0, 0.1) is 10.1 Å². The lowest BCUT2D eigenvalue weighted by atomic mass is 9.83. The van der Waals surface area contributed by atoms with Gasteiger partial charge in [-0.05, 0) is 59.9 Å². The van der Waals surface area contributed by atoms with E-state index >= 15 is 0 Å². The molecule has 2 aliphatic rings. The number of allylic oxidation sites excluding steroid dienone is 1. The van der Waals surface area contributed by atoms with E-state index in [1.54, 1.807) is 22.8 Å². The number of benzene rings is 3. The number of nitro benzene ring substituents is 1. The standard InChI is InChI=1S/C31H19BrClN3O4S/c32-19-8-5-18(6-9-19)29-23-12-7-17-3-1-2-4-22(17)28(23)34-31-35(29)30(37)27(41-31)16-21-11-14-26(40-21)24-15-20(36(38)39)10-13-25(24)33/h1-6,8-11,13-16,29H,7,12H2/b27-16-/t29-/m0/s1. The first-order chi connectivity index (χ1) is 19.9. The summed E-state index contributed by atoms with van der Waals surface area (Å²) in [5.74, 6) is 0.805.